The second-order valence-electron chi connectivity index (χ2n) is 37.3. The third-order valence-electron chi connectivity index (χ3n) is 22.0. The second-order valence-corrected chi connectivity index (χ2v) is 37.3. The van der Waals surface area contributed by atoms with E-state index in [1.807, 2.05) is 147 Å². The van der Waals surface area contributed by atoms with Crippen LogP contribution in [-0.4, -0.2) is 146 Å². The topological polar surface area (TPSA) is 415 Å². The lowest BCUT2D eigenvalue weighted by Crippen LogP contribution is -2.40. The standard InChI is InChI=1S/C19H20F3N3O3.C19H20N4O3.C19H23N3O4.C19H23N3O3.C18H21N3O3/c1-18(2,3)15-9-12(28-24-15)8-14(26)13-5-7-17(27)25(13)16-6-4-11(10-23-16)19(20,21)22;1-19(2,3)16-9-13(26-22-16)8-15(24)14-5-7-18(25)23(14)17-6-4-12(10-20)11-21-17;1-19(2,3)16-10-13(26-21-16)9-15(23)14-6-8-18(24)22(14)17-7-5-12(25-4)11-20-17;1-12-5-7-17(20-11-12)22-14(6-8-18(22)24)15(23)9-13-10-16(21-25-13)19(2,3)4;1-18(2,3)15-11-12(24-20-15)10-14(22)13-7-8-17(23)21(13)16-6-4-5-9-19-16/h4,6,9-10,13H,5,7-8H2,1-3H3;4,6,9,11,14H,5,7-8H2,1-3H3;5,7,10-11,14H,6,8-9H2,1-4H3;5,7,10-11,14H,6,8-9H2,1-4H3;4-6,9,11,13H,7-8,10H2,1-3H3/t13-;3*14-;13-/m00000/s1. The lowest BCUT2D eigenvalue weighted by atomic mass is 9.92. The summed E-state index contributed by atoms with van der Waals surface area (Å²) in [5.74, 6) is 3.67. The van der Waals surface area contributed by atoms with E-state index in [0.717, 1.165) is 40.5 Å². The van der Waals surface area contributed by atoms with E-state index < -0.39 is 41.9 Å². The first-order valence-electron chi connectivity index (χ1n) is 42.4. The van der Waals surface area contributed by atoms with Crippen LogP contribution in [-0.2, 0) is 113 Å². The highest BCUT2D eigenvalue weighted by atomic mass is 19.4. The SMILES string of the molecule is CC(C)(C)c1cc(CC(=O)[C@@H]2CCC(=O)N2c2ccc(C#N)cn2)on1.CC(C)(C)c1cc(CC(=O)[C@@H]2CCC(=O)N2c2ccc(C(F)(F)F)cn2)on1.CC(C)(C)c1cc(CC(=O)[C@@H]2CCC(=O)N2c2ccccn2)on1.COc1ccc(N2C(=O)CC[C@H]2C(=O)Cc2cc(C(C)(C)C)no2)nc1.Cc1ccc(N2C(=O)CC[C@H]2C(=O)Cc2cc(C(C)(C)C)no2)nc1. The molecule has 0 N–H and O–H groups in total. The average molecular weight is 1770 g/mol. The minimum Gasteiger partial charge on any atom is -0.495 e. The molecule has 5 aliphatic heterocycles. The van der Waals surface area contributed by atoms with E-state index in [-0.39, 0.29) is 136 Å². The molecule has 0 saturated carbocycles. The van der Waals surface area contributed by atoms with Crippen molar-refractivity contribution < 1.29 is 88.5 Å². The molecule has 680 valence electrons. The number of halogens is 3. The normalized spacial score (nSPS) is 17.8. The van der Waals surface area contributed by atoms with Crippen LogP contribution in [0.5, 0.6) is 5.75 Å². The maximum atomic E-state index is 12.8. The van der Waals surface area contributed by atoms with Gasteiger partial charge in [0.15, 0.2) is 28.9 Å². The van der Waals surface area contributed by atoms with Crippen molar-refractivity contribution in [1.82, 2.24) is 50.7 Å². The number of ketones is 5. The molecular weight excluding hydrogens is 1670 g/mol. The Morgan fingerprint density at radius 2 is 0.659 bits per heavy atom. The van der Waals surface area contributed by atoms with Gasteiger partial charge in [0.2, 0.25) is 29.5 Å². The van der Waals surface area contributed by atoms with Gasteiger partial charge in [-0.15, -0.1) is 0 Å². The Morgan fingerprint density at radius 1 is 0.380 bits per heavy atom. The van der Waals surface area contributed by atoms with Crippen LogP contribution in [0, 0.1) is 18.3 Å². The smallest absolute Gasteiger partial charge is 0.417 e. The number of nitrogens with zero attached hydrogens (tertiary/aromatic N) is 16. The van der Waals surface area contributed by atoms with Gasteiger partial charge in [-0.1, -0.05) is 142 Å². The number of hydrogen-bond donors (Lipinski definition) is 0. The predicted molar refractivity (Wildman–Crippen MR) is 464 cm³/mol. The van der Waals surface area contributed by atoms with E-state index in [0.29, 0.717) is 127 Å². The zero-order valence-corrected chi connectivity index (χ0v) is 75.4. The maximum Gasteiger partial charge on any atom is 0.417 e. The van der Waals surface area contributed by atoms with Crippen LogP contribution in [0.15, 0.2) is 151 Å². The molecule has 5 fully saturated rings. The Balaban J connectivity index is 0.000000156. The quantitative estimate of drug-likeness (QED) is 0.0644. The number of methoxy groups -OCH3 is 1. The number of aryl methyl sites for hydroxylation is 1. The van der Waals surface area contributed by atoms with Gasteiger partial charge in [-0.05, 0) is 99.2 Å². The number of aromatic nitrogens is 10. The van der Waals surface area contributed by atoms with Crippen LogP contribution in [0.3, 0.4) is 0 Å². The molecule has 0 radical (unpaired) electrons. The van der Waals surface area contributed by atoms with E-state index in [1.54, 1.807) is 74.1 Å². The average Bonchev–Trinajstić information content (AvgIpc) is 1.69. The number of rotatable bonds is 21. The molecule has 0 aliphatic carbocycles. The van der Waals surface area contributed by atoms with Gasteiger partial charge >= 0.3 is 6.18 Å². The highest BCUT2D eigenvalue weighted by molar-refractivity contribution is 6.08. The first kappa shape index (κ1) is 96.2. The predicted octanol–water partition coefficient (Wildman–Crippen LogP) is 14.6. The summed E-state index contributed by atoms with van der Waals surface area (Å²) >= 11 is 0. The molecule has 129 heavy (non-hydrogen) atoms. The molecule has 5 saturated heterocycles. The van der Waals surface area contributed by atoms with Crippen molar-refractivity contribution in [1.29, 1.82) is 5.26 Å². The third-order valence-corrected chi connectivity index (χ3v) is 22.0. The first-order valence-corrected chi connectivity index (χ1v) is 42.4. The monoisotopic (exact) mass is 1770 g/mol. The number of hydrogen-bond acceptors (Lipinski definition) is 27. The summed E-state index contributed by atoms with van der Waals surface area (Å²) in [6.45, 7) is 32.2. The molecule has 10 aromatic rings. The molecule has 32 nitrogen and oxygen atoms in total. The molecule has 35 heteroatoms. The third kappa shape index (κ3) is 24.3. The molecule has 0 unspecified atom stereocenters. The summed E-state index contributed by atoms with van der Waals surface area (Å²) in [6.07, 6.45) is 6.46. The molecule has 10 aromatic heterocycles. The van der Waals surface area contributed by atoms with Gasteiger partial charge in [-0.25, -0.2) is 24.9 Å². The van der Waals surface area contributed by atoms with Crippen LogP contribution in [0.1, 0.15) is 242 Å². The van der Waals surface area contributed by atoms with Crippen molar-refractivity contribution >= 4 is 87.5 Å². The van der Waals surface area contributed by atoms with E-state index in [2.05, 4.69) is 50.7 Å². The molecule has 15 rings (SSSR count). The molecule has 0 aromatic carbocycles. The van der Waals surface area contributed by atoms with E-state index in [9.17, 15) is 61.1 Å². The summed E-state index contributed by atoms with van der Waals surface area (Å²) in [6, 6.07) is 25.6. The minimum absolute atomic E-state index is 0.0294. The molecular formula is C94H107F3N16O16. The van der Waals surface area contributed by atoms with Gasteiger partial charge in [0, 0.05) is 114 Å². The lowest BCUT2D eigenvalue weighted by Gasteiger charge is -2.22. The Hall–Kier alpha value is -13.4. The highest BCUT2D eigenvalue weighted by Crippen LogP contribution is 2.37. The zero-order chi connectivity index (χ0) is 94.0. The van der Waals surface area contributed by atoms with Gasteiger partial charge < -0.3 is 27.4 Å². The number of anilines is 5. The van der Waals surface area contributed by atoms with Crippen LogP contribution < -0.4 is 29.2 Å². The summed E-state index contributed by atoms with van der Waals surface area (Å²) in [7, 11) is 1.55. The first-order chi connectivity index (χ1) is 60.7. The summed E-state index contributed by atoms with van der Waals surface area (Å²) in [4.78, 5) is 153. The fourth-order valence-electron chi connectivity index (χ4n) is 14.6. The van der Waals surface area contributed by atoms with Gasteiger partial charge in [-0.2, -0.15) is 18.4 Å². The summed E-state index contributed by atoms with van der Waals surface area (Å²) in [5.41, 5.74) is 3.62. The van der Waals surface area contributed by atoms with Crippen LogP contribution >= 0.6 is 0 Å². The number of ether oxygens (including phenoxy) is 1. The Labute approximate surface area is 744 Å². The number of Topliss-reactive ketones (excluding diaryl/α,β-unsaturated/α-hetero) is 5. The molecule has 0 spiro atoms. The van der Waals surface area contributed by atoms with Crippen LogP contribution in [0.2, 0.25) is 0 Å². The van der Waals surface area contributed by atoms with E-state index >= 15 is 0 Å². The van der Waals surface area contributed by atoms with Gasteiger partial charge in [0.1, 0.15) is 69.7 Å². The van der Waals surface area contributed by atoms with E-state index in [4.69, 9.17) is 32.6 Å². The zero-order valence-electron chi connectivity index (χ0n) is 75.4. The number of amides is 5. The van der Waals surface area contributed by atoms with Crippen molar-refractivity contribution in [3.05, 3.63) is 202 Å². The van der Waals surface area contributed by atoms with Crippen LogP contribution in [0.4, 0.5) is 42.3 Å². The second kappa shape index (κ2) is 39.9. The Kier molecular flexibility index (Phi) is 29.7. The number of nitriles is 1. The largest absolute Gasteiger partial charge is 0.495 e. The highest BCUT2D eigenvalue weighted by Gasteiger charge is 2.44. The molecule has 5 aliphatic rings. The Bertz CT molecular complexity index is 5720. The van der Waals surface area contributed by atoms with Crippen molar-refractivity contribution in [2.75, 3.05) is 31.6 Å². The van der Waals surface area contributed by atoms with Crippen molar-refractivity contribution in [2.24, 2.45) is 0 Å². The number of carbonyl (C=O) groups excluding carboxylic acids is 10. The number of alkyl halides is 3. The van der Waals surface area contributed by atoms with Gasteiger partial charge in [0.25, 0.3) is 0 Å². The van der Waals surface area contributed by atoms with Crippen LogP contribution in [0.25, 0.3) is 0 Å². The van der Waals surface area contributed by atoms with E-state index in [1.165, 1.54) is 36.9 Å². The number of carbonyl (C=O) groups is 10. The van der Waals surface area contributed by atoms with Crippen molar-refractivity contribution in [2.45, 2.75) is 271 Å². The Morgan fingerprint density at radius 3 is 0.876 bits per heavy atom. The maximum absolute atomic E-state index is 12.8. The summed E-state index contributed by atoms with van der Waals surface area (Å²) in [5, 5.41) is 29.0. The fourth-order valence-corrected chi connectivity index (χ4v) is 14.6. The lowest BCUT2D eigenvalue weighted by molar-refractivity contribution is -0.138. The molecule has 5 amide bonds. The van der Waals surface area contributed by atoms with Gasteiger partial charge in [-0.3, -0.25) is 72.4 Å². The fraction of sp³-hybridized carbons (Fsp3) is 0.457. The minimum atomic E-state index is -4.52. The molecule has 0 bridgehead atoms. The summed E-state index contributed by atoms with van der Waals surface area (Å²) < 4.78 is 69.7. The van der Waals surface area contributed by atoms with Crippen molar-refractivity contribution in [3.8, 4) is 11.8 Å². The van der Waals surface area contributed by atoms with Crippen molar-refractivity contribution in [3.63, 3.8) is 0 Å². The molecule has 5 atom stereocenters. The molecule has 15 heterocycles. The van der Waals surface area contributed by atoms with Gasteiger partial charge in [0.05, 0.1) is 115 Å². The number of pyridine rings is 5.